The van der Waals surface area contributed by atoms with E-state index in [1.165, 1.54) is 30.7 Å². The molecule has 1 aliphatic heterocycles. The summed E-state index contributed by atoms with van der Waals surface area (Å²) in [5.41, 5.74) is -0.0759. The molecule has 0 bridgehead atoms. The van der Waals surface area contributed by atoms with Gasteiger partial charge in [0.05, 0.1) is 36.5 Å². The number of imidazole rings is 1. The van der Waals surface area contributed by atoms with Gasteiger partial charge in [-0.1, -0.05) is 29.8 Å². The van der Waals surface area contributed by atoms with Crippen molar-refractivity contribution in [2.24, 2.45) is 12.5 Å². The lowest BCUT2D eigenvalue weighted by Gasteiger charge is -2.53. The number of rotatable bonds is 7. The van der Waals surface area contributed by atoms with Crippen LogP contribution in [0.25, 0.3) is 22.2 Å². The zero-order chi connectivity index (χ0) is 32.7. The van der Waals surface area contributed by atoms with Crippen LogP contribution in [0.3, 0.4) is 0 Å². The number of alkyl halides is 3. The molecule has 1 spiro atoms. The first-order valence-electron chi connectivity index (χ1n) is 14.4. The van der Waals surface area contributed by atoms with E-state index in [0.29, 0.717) is 37.0 Å². The van der Waals surface area contributed by atoms with Crippen LogP contribution in [0.15, 0.2) is 72.0 Å². The molecular formula is C30H24ClF3N8O4S. The van der Waals surface area contributed by atoms with E-state index in [9.17, 15) is 21.6 Å². The minimum atomic E-state index is -4.59. The monoisotopic (exact) mass is 684 g/mol. The second-order valence-electron chi connectivity index (χ2n) is 11.8. The summed E-state index contributed by atoms with van der Waals surface area (Å²) in [5, 5.41) is 7.79. The van der Waals surface area contributed by atoms with Crippen LogP contribution in [-0.2, 0) is 28.0 Å². The van der Waals surface area contributed by atoms with Crippen molar-refractivity contribution >= 4 is 55.6 Å². The molecular weight excluding hydrogens is 661 g/mol. The van der Waals surface area contributed by atoms with Gasteiger partial charge in [-0.05, 0) is 37.1 Å². The van der Waals surface area contributed by atoms with Crippen molar-refractivity contribution < 1.29 is 31.1 Å². The van der Waals surface area contributed by atoms with E-state index >= 15 is 0 Å². The van der Waals surface area contributed by atoms with Gasteiger partial charge < -0.3 is 19.4 Å². The van der Waals surface area contributed by atoms with Crippen molar-refractivity contribution in [1.29, 1.82) is 0 Å². The van der Waals surface area contributed by atoms with Crippen molar-refractivity contribution in [3.05, 3.63) is 77.8 Å². The van der Waals surface area contributed by atoms with E-state index in [4.69, 9.17) is 21.1 Å². The molecule has 0 atom stereocenters. The first-order chi connectivity index (χ1) is 22.4. The molecule has 6 aromatic rings. The fourth-order valence-electron chi connectivity index (χ4n) is 6.16. The molecule has 8 rings (SSSR count). The van der Waals surface area contributed by atoms with Crippen molar-refractivity contribution in [1.82, 2.24) is 33.3 Å². The zero-order valence-corrected chi connectivity index (χ0v) is 26.0. The molecule has 47 heavy (non-hydrogen) atoms. The van der Waals surface area contributed by atoms with Crippen LogP contribution in [0.5, 0.6) is 11.5 Å². The maximum absolute atomic E-state index is 13.9. The van der Waals surface area contributed by atoms with Crippen LogP contribution in [0.1, 0.15) is 24.6 Å². The number of benzene rings is 1. The van der Waals surface area contributed by atoms with Crippen LogP contribution >= 0.6 is 11.6 Å². The molecule has 0 unspecified atom stereocenters. The number of nitrogens with one attached hydrogen (secondary N) is 1. The first kappa shape index (κ1) is 29.7. The molecule has 0 amide bonds. The zero-order valence-electron chi connectivity index (χ0n) is 24.4. The molecule has 6 heterocycles. The Morgan fingerprint density at radius 1 is 1.09 bits per heavy atom. The molecule has 2 aliphatic rings. The highest BCUT2D eigenvalue weighted by atomic mass is 35.5. The number of aromatic nitrogens is 7. The van der Waals surface area contributed by atoms with Gasteiger partial charge in [-0.2, -0.15) is 23.3 Å². The van der Waals surface area contributed by atoms with E-state index in [1.807, 2.05) is 0 Å². The molecule has 1 N–H and O–H groups in total. The van der Waals surface area contributed by atoms with Crippen LogP contribution in [0.4, 0.5) is 24.9 Å². The summed E-state index contributed by atoms with van der Waals surface area (Å²) in [7, 11) is -2.23. The number of anilines is 2. The minimum Gasteiger partial charge on any atom is -0.452 e. The Balaban J connectivity index is 1.06. The number of fused-ring (bicyclic) bond motifs is 2. The smallest absolute Gasteiger partial charge is 0.433 e. The van der Waals surface area contributed by atoms with E-state index in [1.54, 1.807) is 41.9 Å². The Labute approximate surface area is 269 Å². The van der Waals surface area contributed by atoms with E-state index < -0.39 is 21.9 Å². The maximum Gasteiger partial charge on any atom is 0.433 e. The van der Waals surface area contributed by atoms with Crippen LogP contribution in [0, 0.1) is 5.41 Å². The van der Waals surface area contributed by atoms with Crippen molar-refractivity contribution in [3.63, 3.8) is 0 Å². The molecule has 1 saturated carbocycles. The van der Waals surface area contributed by atoms with E-state index in [2.05, 4.69) is 25.4 Å². The summed E-state index contributed by atoms with van der Waals surface area (Å²) in [4.78, 5) is 13.2. The average Bonchev–Trinajstić information content (AvgIpc) is 3.70. The summed E-state index contributed by atoms with van der Waals surface area (Å²) in [6.45, 7) is 1.13. The topological polar surface area (TPSA) is 131 Å². The molecule has 1 aliphatic carbocycles. The van der Waals surface area contributed by atoms with Gasteiger partial charge in [0.15, 0.2) is 22.9 Å². The first-order valence-corrected chi connectivity index (χ1v) is 16.2. The summed E-state index contributed by atoms with van der Waals surface area (Å²) in [6, 6.07) is 11.8. The highest BCUT2D eigenvalue weighted by molar-refractivity contribution is 7.90. The quantitative estimate of drug-likeness (QED) is 0.206. The SMILES string of the molecule is Cn1c(Nc2cc(C(F)(F)F)n(C3CC4(COC4)C3)n2)nc2ncc(Oc3cnc4c(ccn4S(=O)(=O)c4ccccc4)c3)c(Cl)c21. The van der Waals surface area contributed by atoms with Crippen LogP contribution < -0.4 is 10.1 Å². The highest BCUT2D eigenvalue weighted by Gasteiger charge is 2.52. The van der Waals surface area contributed by atoms with Crippen molar-refractivity contribution in [2.45, 2.75) is 30.0 Å². The number of ether oxygens (including phenoxy) is 2. The van der Waals surface area contributed by atoms with Gasteiger partial charge >= 0.3 is 6.18 Å². The van der Waals surface area contributed by atoms with E-state index in [0.717, 1.165) is 14.7 Å². The third kappa shape index (κ3) is 4.89. The minimum absolute atomic E-state index is 0.0188. The fourth-order valence-corrected chi connectivity index (χ4v) is 7.79. The third-order valence-electron chi connectivity index (χ3n) is 8.57. The van der Waals surface area contributed by atoms with Crippen molar-refractivity contribution in [2.75, 3.05) is 18.5 Å². The molecule has 12 nitrogen and oxygen atoms in total. The van der Waals surface area contributed by atoms with Gasteiger partial charge in [-0.25, -0.2) is 22.4 Å². The summed E-state index contributed by atoms with van der Waals surface area (Å²) in [6.07, 6.45) is 0.712. The lowest BCUT2D eigenvalue weighted by atomic mass is 9.64. The Morgan fingerprint density at radius 2 is 1.85 bits per heavy atom. The number of halogens is 4. The molecule has 242 valence electrons. The Kier molecular flexibility index (Phi) is 6.59. The molecule has 0 radical (unpaired) electrons. The molecule has 1 aromatic carbocycles. The number of hydrogen-bond donors (Lipinski definition) is 1. The average molecular weight is 685 g/mol. The lowest BCUT2D eigenvalue weighted by Crippen LogP contribution is -2.53. The molecule has 2 fully saturated rings. The predicted molar refractivity (Wildman–Crippen MR) is 164 cm³/mol. The number of nitrogens with zero attached hydrogens (tertiary/aromatic N) is 7. The molecule has 17 heteroatoms. The number of pyridine rings is 2. The van der Waals surface area contributed by atoms with Gasteiger partial charge in [0.1, 0.15) is 22.0 Å². The van der Waals surface area contributed by atoms with Gasteiger partial charge in [-0.3, -0.25) is 4.68 Å². The highest BCUT2D eigenvalue weighted by Crippen LogP contribution is 2.54. The van der Waals surface area contributed by atoms with Crippen molar-refractivity contribution in [3.8, 4) is 11.5 Å². The maximum atomic E-state index is 13.9. The Morgan fingerprint density at radius 3 is 2.55 bits per heavy atom. The van der Waals surface area contributed by atoms with Gasteiger partial charge in [0.25, 0.3) is 10.0 Å². The Bertz CT molecular complexity index is 2290. The summed E-state index contributed by atoms with van der Waals surface area (Å²) in [5.74, 6) is 0.585. The van der Waals surface area contributed by atoms with Gasteiger partial charge in [0.2, 0.25) is 5.95 Å². The molecule has 5 aromatic heterocycles. The molecule has 1 saturated heterocycles. The second kappa shape index (κ2) is 10.4. The Hall–Kier alpha value is -4.67. The lowest BCUT2D eigenvalue weighted by molar-refractivity contribution is -0.182. The van der Waals surface area contributed by atoms with Crippen LogP contribution in [0.2, 0.25) is 5.02 Å². The van der Waals surface area contributed by atoms with Gasteiger partial charge in [-0.15, -0.1) is 0 Å². The largest absolute Gasteiger partial charge is 0.452 e. The van der Waals surface area contributed by atoms with Crippen LogP contribution in [-0.4, -0.2) is 54.9 Å². The second-order valence-corrected chi connectivity index (χ2v) is 13.9. The predicted octanol–water partition coefficient (Wildman–Crippen LogP) is 6.31. The fraction of sp³-hybridized carbons (Fsp3) is 0.267. The summed E-state index contributed by atoms with van der Waals surface area (Å²) < 4.78 is 83.0. The number of aryl methyl sites for hydroxylation is 1. The van der Waals surface area contributed by atoms with E-state index in [-0.39, 0.29) is 55.9 Å². The standard InChI is InChI=1S/C30H24ClF3N8O4S/c1-40-25-24(31)21(46-19-9-17-7-8-41(27(17)36-13-19)47(43,44)20-5-3-2-4-6-20)14-35-26(25)38-28(40)37-23-10-22(30(32,33)34)42(39-23)18-11-29(12-18)15-45-16-29/h2-10,13-14,18H,11-12,15-16H2,1H3,(H,35,37,38,39). The normalized spacial score (nSPS) is 16.4. The summed E-state index contributed by atoms with van der Waals surface area (Å²) >= 11 is 6.73. The number of hydrogen-bond acceptors (Lipinski definition) is 9. The van der Waals surface area contributed by atoms with Gasteiger partial charge in [0, 0.05) is 30.1 Å². The third-order valence-corrected chi connectivity index (χ3v) is 10.6.